The molecule has 1 aromatic carbocycles. The topological polar surface area (TPSA) is 49.6 Å². The van der Waals surface area contributed by atoms with Gasteiger partial charge in [-0.3, -0.25) is 4.79 Å². The zero-order valence-electron chi connectivity index (χ0n) is 12.8. The number of amides is 1. The first-order valence-electron chi connectivity index (χ1n) is 7.43. The molecule has 0 radical (unpaired) electrons. The fraction of sp³-hybridized carbons (Fsp3) is 0.562. The highest BCUT2D eigenvalue weighted by molar-refractivity contribution is 5.79. The third-order valence-electron chi connectivity index (χ3n) is 4.23. The molecule has 0 aromatic heterocycles. The van der Waals surface area contributed by atoms with Crippen molar-refractivity contribution < 1.29 is 9.18 Å². The molecule has 1 amide bonds. The Morgan fingerprint density at radius 1 is 1.33 bits per heavy atom. The van der Waals surface area contributed by atoms with E-state index in [4.69, 9.17) is 5.73 Å². The van der Waals surface area contributed by atoms with E-state index >= 15 is 0 Å². The Labute approximate surface area is 125 Å². The van der Waals surface area contributed by atoms with Crippen LogP contribution in [0.2, 0.25) is 0 Å². The van der Waals surface area contributed by atoms with Crippen LogP contribution in [0.3, 0.4) is 0 Å². The fourth-order valence-corrected chi connectivity index (χ4v) is 2.68. The number of nitrogens with two attached hydrogens (primary N) is 1. The number of aryl methyl sites for hydroxylation is 1. The van der Waals surface area contributed by atoms with Gasteiger partial charge in [0, 0.05) is 32.7 Å². The van der Waals surface area contributed by atoms with Crippen LogP contribution >= 0.6 is 0 Å². The van der Waals surface area contributed by atoms with Gasteiger partial charge in [-0.1, -0.05) is 6.07 Å². The lowest BCUT2D eigenvalue weighted by Gasteiger charge is -2.34. The van der Waals surface area contributed by atoms with Gasteiger partial charge >= 0.3 is 0 Å². The monoisotopic (exact) mass is 293 g/mol. The molecule has 2 N–H and O–H groups in total. The molecule has 116 valence electrons. The molecule has 1 aliphatic heterocycles. The van der Waals surface area contributed by atoms with Crippen LogP contribution in [0.15, 0.2) is 18.2 Å². The summed E-state index contributed by atoms with van der Waals surface area (Å²) < 4.78 is 13.4. The second-order valence-corrected chi connectivity index (χ2v) is 5.84. The predicted molar refractivity (Wildman–Crippen MR) is 81.5 cm³/mol. The minimum atomic E-state index is -0.270. The Kier molecular flexibility index (Phi) is 5.31. The maximum absolute atomic E-state index is 13.4. The first kappa shape index (κ1) is 15.9. The smallest absolute Gasteiger partial charge is 0.227 e. The molecule has 1 atom stereocenters. The van der Waals surface area contributed by atoms with Gasteiger partial charge < -0.3 is 15.5 Å². The first-order chi connectivity index (χ1) is 10.0. The number of hydrogen-bond acceptors (Lipinski definition) is 3. The van der Waals surface area contributed by atoms with Gasteiger partial charge in [0.1, 0.15) is 5.82 Å². The molecule has 0 spiro atoms. The normalized spacial score (nSPS) is 17.8. The molecule has 1 aromatic rings. The van der Waals surface area contributed by atoms with Crippen molar-refractivity contribution >= 4 is 5.91 Å². The number of hydrogen-bond donors (Lipinski definition) is 1. The van der Waals surface area contributed by atoms with Crippen LogP contribution < -0.4 is 5.73 Å². The van der Waals surface area contributed by atoms with Gasteiger partial charge in [0.05, 0.1) is 5.92 Å². The lowest BCUT2D eigenvalue weighted by molar-refractivity contribution is -0.136. The SMILES string of the molecule is Cc1ccc(F)cc1CC(CN)C(=O)N1CCN(C)CC1. The quantitative estimate of drug-likeness (QED) is 0.902. The molecule has 21 heavy (non-hydrogen) atoms. The minimum absolute atomic E-state index is 0.0919. The summed E-state index contributed by atoms with van der Waals surface area (Å²) in [4.78, 5) is 16.7. The number of rotatable bonds is 4. The summed E-state index contributed by atoms with van der Waals surface area (Å²) >= 11 is 0. The van der Waals surface area contributed by atoms with Crippen molar-refractivity contribution in [3.05, 3.63) is 35.1 Å². The zero-order valence-corrected chi connectivity index (χ0v) is 12.8. The molecule has 5 heteroatoms. The zero-order chi connectivity index (χ0) is 15.4. The van der Waals surface area contributed by atoms with Crippen molar-refractivity contribution in [3.8, 4) is 0 Å². The number of carbonyl (C=O) groups excluding carboxylic acids is 1. The van der Waals surface area contributed by atoms with Crippen molar-refractivity contribution in [2.75, 3.05) is 39.8 Å². The van der Waals surface area contributed by atoms with Crippen LogP contribution in [0.5, 0.6) is 0 Å². The molecule has 1 fully saturated rings. The molecule has 1 heterocycles. The highest BCUT2D eigenvalue weighted by Gasteiger charge is 2.26. The second-order valence-electron chi connectivity index (χ2n) is 5.84. The maximum atomic E-state index is 13.4. The highest BCUT2D eigenvalue weighted by Crippen LogP contribution is 2.17. The van der Waals surface area contributed by atoms with Crippen LogP contribution in [0, 0.1) is 18.7 Å². The van der Waals surface area contributed by atoms with E-state index in [2.05, 4.69) is 11.9 Å². The van der Waals surface area contributed by atoms with Crippen molar-refractivity contribution in [1.82, 2.24) is 9.80 Å². The van der Waals surface area contributed by atoms with Crippen LogP contribution in [0.25, 0.3) is 0 Å². The van der Waals surface area contributed by atoms with E-state index in [1.165, 1.54) is 12.1 Å². The number of halogens is 1. The van der Waals surface area contributed by atoms with Crippen LogP contribution in [0.4, 0.5) is 4.39 Å². The number of piperazine rings is 1. The summed E-state index contributed by atoms with van der Waals surface area (Å²) in [6, 6.07) is 4.70. The molecule has 1 aliphatic rings. The summed E-state index contributed by atoms with van der Waals surface area (Å²) in [5.41, 5.74) is 7.66. The molecule has 2 rings (SSSR count). The second kappa shape index (κ2) is 7.00. The Hall–Kier alpha value is -1.46. The van der Waals surface area contributed by atoms with Gasteiger partial charge in [-0.05, 0) is 43.7 Å². The lowest BCUT2D eigenvalue weighted by Crippen LogP contribution is -2.50. The maximum Gasteiger partial charge on any atom is 0.227 e. The van der Waals surface area contributed by atoms with Crippen LogP contribution in [-0.2, 0) is 11.2 Å². The summed E-state index contributed by atoms with van der Waals surface area (Å²) in [6.07, 6.45) is 0.505. The number of likely N-dealkylation sites (N-methyl/N-ethyl adjacent to an activating group) is 1. The van der Waals surface area contributed by atoms with Crippen molar-refractivity contribution in [2.24, 2.45) is 11.7 Å². The van der Waals surface area contributed by atoms with E-state index in [0.29, 0.717) is 13.0 Å². The highest BCUT2D eigenvalue weighted by atomic mass is 19.1. The predicted octanol–water partition coefficient (Wildman–Crippen LogP) is 1.03. The summed E-state index contributed by atoms with van der Waals surface area (Å²) in [5.74, 6) is -0.443. The molecular weight excluding hydrogens is 269 g/mol. The third kappa shape index (κ3) is 4.02. The average Bonchev–Trinajstić information content (AvgIpc) is 2.48. The largest absolute Gasteiger partial charge is 0.340 e. The van der Waals surface area contributed by atoms with Crippen molar-refractivity contribution in [1.29, 1.82) is 0 Å². The van der Waals surface area contributed by atoms with E-state index in [9.17, 15) is 9.18 Å². The van der Waals surface area contributed by atoms with Gasteiger partial charge in [0.2, 0.25) is 5.91 Å². The molecule has 1 unspecified atom stereocenters. The Morgan fingerprint density at radius 3 is 2.62 bits per heavy atom. The lowest BCUT2D eigenvalue weighted by atomic mass is 9.94. The van der Waals surface area contributed by atoms with Gasteiger partial charge in [0.15, 0.2) is 0 Å². The summed E-state index contributed by atoms with van der Waals surface area (Å²) in [7, 11) is 2.05. The van der Waals surface area contributed by atoms with Gasteiger partial charge in [0.25, 0.3) is 0 Å². The number of benzene rings is 1. The molecule has 0 saturated carbocycles. The summed E-state index contributed by atoms with van der Waals surface area (Å²) in [5, 5.41) is 0. The average molecular weight is 293 g/mol. The first-order valence-corrected chi connectivity index (χ1v) is 7.43. The number of nitrogens with zero attached hydrogens (tertiary/aromatic N) is 2. The van der Waals surface area contributed by atoms with Crippen LogP contribution in [0.1, 0.15) is 11.1 Å². The van der Waals surface area contributed by atoms with E-state index in [1.54, 1.807) is 6.07 Å². The molecule has 0 aliphatic carbocycles. The van der Waals surface area contributed by atoms with Gasteiger partial charge in [-0.25, -0.2) is 4.39 Å². The van der Waals surface area contributed by atoms with Gasteiger partial charge in [-0.15, -0.1) is 0 Å². The molecular formula is C16H24FN3O. The van der Waals surface area contributed by atoms with E-state index < -0.39 is 0 Å². The Morgan fingerprint density at radius 2 is 2.00 bits per heavy atom. The van der Waals surface area contributed by atoms with E-state index in [0.717, 1.165) is 37.3 Å². The van der Waals surface area contributed by atoms with Gasteiger partial charge in [-0.2, -0.15) is 0 Å². The number of carbonyl (C=O) groups is 1. The third-order valence-corrected chi connectivity index (χ3v) is 4.23. The van der Waals surface area contributed by atoms with E-state index in [-0.39, 0.29) is 17.6 Å². The Balaban J connectivity index is 2.05. The Bertz CT molecular complexity index is 498. The molecule has 0 bridgehead atoms. The van der Waals surface area contributed by atoms with Crippen molar-refractivity contribution in [3.63, 3.8) is 0 Å². The minimum Gasteiger partial charge on any atom is -0.340 e. The molecule has 1 saturated heterocycles. The molecule has 4 nitrogen and oxygen atoms in total. The van der Waals surface area contributed by atoms with Crippen molar-refractivity contribution in [2.45, 2.75) is 13.3 Å². The standard InChI is InChI=1S/C16H24FN3O/c1-12-3-4-15(17)10-13(12)9-14(11-18)16(21)20-7-5-19(2)6-8-20/h3-4,10,14H,5-9,11,18H2,1-2H3. The van der Waals surface area contributed by atoms with E-state index in [1.807, 2.05) is 11.8 Å². The van der Waals surface area contributed by atoms with Crippen LogP contribution in [-0.4, -0.2) is 55.5 Å². The fourth-order valence-electron chi connectivity index (χ4n) is 2.68. The summed E-state index contributed by atoms with van der Waals surface area (Å²) in [6.45, 7) is 5.50.